The van der Waals surface area contributed by atoms with Gasteiger partial charge in [-0.25, -0.2) is 4.98 Å². The molecule has 3 heteroatoms. The fourth-order valence-electron chi connectivity index (χ4n) is 1.58. The molecule has 1 aromatic rings. The second-order valence-corrected chi connectivity index (χ2v) is 4.54. The van der Waals surface area contributed by atoms with Gasteiger partial charge in [0.15, 0.2) is 5.13 Å². The van der Waals surface area contributed by atoms with Crippen molar-refractivity contribution in [2.75, 3.05) is 12.4 Å². The van der Waals surface area contributed by atoms with Crippen LogP contribution in [0.3, 0.4) is 0 Å². The zero-order chi connectivity index (χ0) is 8.55. The minimum absolute atomic E-state index is 0.767. The molecule has 0 unspecified atom stereocenters. The highest BCUT2D eigenvalue weighted by molar-refractivity contribution is 7.15. The van der Waals surface area contributed by atoms with Gasteiger partial charge >= 0.3 is 0 Å². The normalized spacial score (nSPS) is 17.5. The van der Waals surface area contributed by atoms with Crippen LogP contribution in [0.15, 0.2) is 0 Å². The van der Waals surface area contributed by atoms with Gasteiger partial charge in [0.1, 0.15) is 0 Å². The molecule has 0 saturated heterocycles. The molecule has 0 aliphatic heterocycles. The molecule has 0 amide bonds. The van der Waals surface area contributed by atoms with Gasteiger partial charge in [-0.1, -0.05) is 6.42 Å². The minimum Gasteiger partial charge on any atom is -0.365 e. The Bertz CT molecular complexity index is 276. The molecule has 1 fully saturated rings. The average molecular weight is 182 g/mol. The van der Waals surface area contributed by atoms with Crippen molar-refractivity contribution in [3.8, 4) is 0 Å². The van der Waals surface area contributed by atoms with Crippen LogP contribution in [-0.2, 0) is 0 Å². The highest BCUT2D eigenvalue weighted by atomic mass is 32.1. The molecule has 1 heterocycles. The lowest BCUT2D eigenvalue weighted by Crippen LogP contribution is -2.10. The smallest absolute Gasteiger partial charge is 0.182 e. The van der Waals surface area contributed by atoms with Crippen LogP contribution < -0.4 is 5.32 Å². The van der Waals surface area contributed by atoms with Crippen LogP contribution in [0.2, 0.25) is 0 Å². The lowest BCUT2D eigenvalue weighted by Gasteiger charge is -2.23. The van der Waals surface area contributed by atoms with Crippen molar-refractivity contribution in [2.45, 2.75) is 32.1 Å². The number of thiazole rings is 1. The van der Waals surface area contributed by atoms with Crippen molar-refractivity contribution in [1.29, 1.82) is 0 Å². The SMILES string of the molecule is CNc1nc(C2CCC2)c(C)s1. The number of aromatic nitrogens is 1. The van der Waals surface area contributed by atoms with Crippen molar-refractivity contribution < 1.29 is 0 Å². The third-order valence-corrected chi connectivity index (χ3v) is 3.54. The van der Waals surface area contributed by atoms with Gasteiger partial charge in [-0.05, 0) is 19.8 Å². The maximum absolute atomic E-state index is 4.56. The summed E-state index contributed by atoms with van der Waals surface area (Å²) in [5.74, 6) is 0.767. The second kappa shape index (κ2) is 3.05. The Morgan fingerprint density at radius 3 is 2.67 bits per heavy atom. The summed E-state index contributed by atoms with van der Waals surface area (Å²) in [5, 5.41) is 4.16. The van der Waals surface area contributed by atoms with E-state index in [2.05, 4.69) is 17.2 Å². The van der Waals surface area contributed by atoms with Gasteiger partial charge < -0.3 is 5.32 Å². The zero-order valence-corrected chi connectivity index (χ0v) is 8.37. The molecule has 1 N–H and O–H groups in total. The molecule has 1 aromatic heterocycles. The summed E-state index contributed by atoms with van der Waals surface area (Å²) >= 11 is 1.77. The molecule has 2 nitrogen and oxygen atoms in total. The van der Waals surface area contributed by atoms with Crippen molar-refractivity contribution in [3.63, 3.8) is 0 Å². The molecule has 1 saturated carbocycles. The summed E-state index contributed by atoms with van der Waals surface area (Å²) in [5.41, 5.74) is 1.34. The summed E-state index contributed by atoms with van der Waals surface area (Å²) < 4.78 is 0. The van der Waals surface area contributed by atoms with Gasteiger partial charge in [0.2, 0.25) is 0 Å². The summed E-state index contributed by atoms with van der Waals surface area (Å²) in [7, 11) is 1.93. The summed E-state index contributed by atoms with van der Waals surface area (Å²) in [6.07, 6.45) is 4.07. The molecule has 1 aliphatic carbocycles. The van der Waals surface area contributed by atoms with Crippen LogP contribution in [0, 0.1) is 6.92 Å². The van der Waals surface area contributed by atoms with Gasteiger partial charge in [-0.2, -0.15) is 0 Å². The first-order chi connectivity index (χ1) is 5.81. The Balaban J connectivity index is 2.23. The number of hydrogen-bond donors (Lipinski definition) is 1. The quantitative estimate of drug-likeness (QED) is 0.760. The van der Waals surface area contributed by atoms with Gasteiger partial charge in [0.05, 0.1) is 5.69 Å². The molecular formula is C9H14N2S. The van der Waals surface area contributed by atoms with Gasteiger partial charge in [-0.15, -0.1) is 11.3 Å². The van der Waals surface area contributed by atoms with E-state index in [9.17, 15) is 0 Å². The second-order valence-electron chi connectivity index (χ2n) is 3.34. The standard InChI is InChI=1S/C9H14N2S/c1-6-8(7-4-3-5-7)11-9(10-2)12-6/h7H,3-5H2,1-2H3,(H,10,11). The maximum Gasteiger partial charge on any atom is 0.182 e. The number of nitrogens with one attached hydrogen (secondary N) is 1. The van der Waals surface area contributed by atoms with Crippen molar-refractivity contribution in [2.24, 2.45) is 0 Å². The van der Waals surface area contributed by atoms with Gasteiger partial charge in [0, 0.05) is 17.8 Å². The van der Waals surface area contributed by atoms with E-state index in [1.165, 1.54) is 29.8 Å². The lowest BCUT2D eigenvalue weighted by molar-refractivity contribution is 0.411. The van der Waals surface area contributed by atoms with Crippen molar-refractivity contribution in [1.82, 2.24) is 4.98 Å². The van der Waals surface area contributed by atoms with Crippen LogP contribution in [0.5, 0.6) is 0 Å². The molecule has 1 aliphatic rings. The molecule has 0 atom stereocenters. The highest BCUT2D eigenvalue weighted by Gasteiger charge is 2.24. The molecule has 0 radical (unpaired) electrons. The largest absolute Gasteiger partial charge is 0.365 e. The summed E-state index contributed by atoms with van der Waals surface area (Å²) in [4.78, 5) is 5.95. The third-order valence-electron chi connectivity index (χ3n) is 2.54. The van der Waals surface area contributed by atoms with Crippen molar-refractivity contribution in [3.05, 3.63) is 10.6 Å². The van der Waals surface area contributed by atoms with Crippen LogP contribution in [0.4, 0.5) is 5.13 Å². The average Bonchev–Trinajstić information content (AvgIpc) is 2.29. The van der Waals surface area contributed by atoms with Gasteiger partial charge in [-0.3, -0.25) is 0 Å². The van der Waals surface area contributed by atoms with E-state index in [-0.39, 0.29) is 0 Å². The number of hydrogen-bond acceptors (Lipinski definition) is 3. The molecule has 0 bridgehead atoms. The first kappa shape index (κ1) is 8.05. The van der Waals surface area contributed by atoms with Crippen molar-refractivity contribution >= 4 is 16.5 Å². The molecule has 66 valence electrons. The van der Waals surface area contributed by atoms with Gasteiger partial charge in [0.25, 0.3) is 0 Å². The van der Waals surface area contributed by atoms with E-state index in [0.717, 1.165) is 11.0 Å². The summed E-state index contributed by atoms with van der Waals surface area (Å²) in [6, 6.07) is 0. The molecule has 0 spiro atoms. The molecule has 2 rings (SSSR count). The Labute approximate surface area is 77.0 Å². The Morgan fingerprint density at radius 1 is 1.50 bits per heavy atom. The molecule has 12 heavy (non-hydrogen) atoms. The van der Waals surface area contributed by atoms with E-state index < -0.39 is 0 Å². The van der Waals surface area contributed by atoms with Crippen LogP contribution in [-0.4, -0.2) is 12.0 Å². The first-order valence-corrected chi connectivity index (χ1v) is 5.28. The van der Waals surface area contributed by atoms with E-state index in [4.69, 9.17) is 0 Å². The fourth-order valence-corrected chi connectivity index (χ4v) is 2.43. The topological polar surface area (TPSA) is 24.9 Å². The lowest BCUT2D eigenvalue weighted by atomic mass is 9.83. The first-order valence-electron chi connectivity index (χ1n) is 4.46. The highest BCUT2D eigenvalue weighted by Crippen LogP contribution is 2.39. The number of anilines is 1. The van der Waals surface area contributed by atoms with Crippen LogP contribution in [0.1, 0.15) is 35.8 Å². The molecular weight excluding hydrogens is 168 g/mol. The number of nitrogens with zero attached hydrogens (tertiary/aromatic N) is 1. The van der Waals surface area contributed by atoms with E-state index in [1.807, 2.05) is 7.05 Å². The number of aryl methyl sites for hydroxylation is 1. The van der Waals surface area contributed by atoms with Crippen LogP contribution in [0.25, 0.3) is 0 Å². The van der Waals surface area contributed by atoms with E-state index in [1.54, 1.807) is 11.3 Å². The van der Waals surface area contributed by atoms with Crippen LogP contribution >= 0.6 is 11.3 Å². The third kappa shape index (κ3) is 1.22. The Morgan fingerprint density at radius 2 is 2.25 bits per heavy atom. The predicted octanol–water partition coefficient (Wildman–Crippen LogP) is 2.76. The van der Waals surface area contributed by atoms with E-state index in [0.29, 0.717) is 0 Å². The summed E-state index contributed by atoms with van der Waals surface area (Å²) in [6.45, 7) is 2.17. The maximum atomic E-state index is 4.56. The van der Waals surface area contributed by atoms with E-state index >= 15 is 0 Å². The zero-order valence-electron chi connectivity index (χ0n) is 7.55. The minimum atomic E-state index is 0.767. The Hall–Kier alpha value is -0.570. The Kier molecular flexibility index (Phi) is 2.05. The monoisotopic (exact) mass is 182 g/mol. The molecule has 0 aromatic carbocycles. The fraction of sp³-hybridized carbons (Fsp3) is 0.667. The predicted molar refractivity (Wildman–Crippen MR) is 53.0 cm³/mol. The number of rotatable bonds is 2.